The predicted octanol–water partition coefficient (Wildman–Crippen LogP) is 2.73. The van der Waals surface area contributed by atoms with E-state index >= 15 is 0 Å². The lowest BCUT2D eigenvalue weighted by molar-refractivity contribution is -0.128. The van der Waals surface area contributed by atoms with Crippen LogP contribution in [0.3, 0.4) is 0 Å². The van der Waals surface area contributed by atoms with Gasteiger partial charge in [0.2, 0.25) is 0 Å². The van der Waals surface area contributed by atoms with Gasteiger partial charge in [-0.05, 0) is 49.6 Å². The second-order valence-electron chi connectivity index (χ2n) is 6.69. The molecule has 5 nitrogen and oxygen atoms in total. The van der Waals surface area contributed by atoms with E-state index in [9.17, 15) is 9.90 Å². The molecule has 2 N–H and O–H groups in total. The summed E-state index contributed by atoms with van der Waals surface area (Å²) >= 11 is 0. The first-order valence-electron chi connectivity index (χ1n) is 9.12. The summed E-state index contributed by atoms with van der Waals surface area (Å²) in [4.78, 5) is 14.8. The number of carbonyl (C=O) groups excluding carboxylic acids is 1. The van der Waals surface area contributed by atoms with Crippen LogP contribution >= 0.6 is 0 Å². The molecule has 1 aliphatic heterocycles. The summed E-state index contributed by atoms with van der Waals surface area (Å²) in [7, 11) is 0. The van der Waals surface area contributed by atoms with Crippen molar-refractivity contribution in [1.82, 2.24) is 5.32 Å². The third kappa shape index (κ3) is 4.76. The monoisotopic (exact) mass is 354 g/mol. The first-order valence-corrected chi connectivity index (χ1v) is 9.12. The van der Waals surface area contributed by atoms with Crippen LogP contribution in [0, 0.1) is 0 Å². The number of rotatable bonds is 6. The number of nitrogens with zero attached hydrogens (tertiary/aromatic N) is 1. The fraction of sp³-hybridized carbons (Fsp3) is 0.381. The summed E-state index contributed by atoms with van der Waals surface area (Å²) in [5.41, 5.74) is 1.96. The molecule has 0 saturated carbocycles. The average Bonchev–Trinajstić information content (AvgIpc) is 2.69. The number of hydrogen-bond donors (Lipinski definition) is 2. The van der Waals surface area contributed by atoms with Gasteiger partial charge in [-0.1, -0.05) is 30.3 Å². The molecule has 26 heavy (non-hydrogen) atoms. The highest BCUT2D eigenvalue weighted by molar-refractivity contribution is 5.81. The van der Waals surface area contributed by atoms with Gasteiger partial charge in [-0.3, -0.25) is 4.79 Å². The number of anilines is 1. The maximum Gasteiger partial charge on any atom is 0.261 e. The largest absolute Gasteiger partial charge is 0.481 e. The van der Waals surface area contributed by atoms with Crippen molar-refractivity contribution in [2.45, 2.75) is 38.5 Å². The van der Waals surface area contributed by atoms with Crippen LogP contribution in [-0.2, 0) is 11.4 Å². The number of carbonyl (C=O) groups is 1. The molecule has 2 aromatic carbocycles. The van der Waals surface area contributed by atoms with Crippen LogP contribution in [0.1, 0.15) is 25.3 Å². The van der Waals surface area contributed by atoms with Crippen LogP contribution in [0.2, 0.25) is 0 Å². The summed E-state index contributed by atoms with van der Waals surface area (Å²) in [6.45, 7) is 3.52. The van der Waals surface area contributed by atoms with Crippen LogP contribution < -0.4 is 15.0 Å². The van der Waals surface area contributed by atoms with Crippen LogP contribution in [-0.4, -0.2) is 36.2 Å². The van der Waals surface area contributed by atoms with E-state index < -0.39 is 6.10 Å². The SMILES string of the molecule is CC(Oc1cccc(CO)c1)C(=O)NC1CCCN(c2ccccc2)C1. The minimum absolute atomic E-state index is 0.0465. The van der Waals surface area contributed by atoms with Crippen LogP contribution in [0.15, 0.2) is 54.6 Å². The van der Waals surface area contributed by atoms with Gasteiger partial charge in [0.1, 0.15) is 5.75 Å². The second-order valence-corrected chi connectivity index (χ2v) is 6.69. The molecule has 2 unspecified atom stereocenters. The normalized spacial score (nSPS) is 18.2. The highest BCUT2D eigenvalue weighted by Gasteiger charge is 2.24. The molecule has 5 heteroatoms. The molecule has 2 aromatic rings. The van der Waals surface area contributed by atoms with Gasteiger partial charge in [0.05, 0.1) is 6.61 Å². The van der Waals surface area contributed by atoms with Crippen LogP contribution in [0.4, 0.5) is 5.69 Å². The number of aliphatic hydroxyl groups excluding tert-OH is 1. The Morgan fingerprint density at radius 1 is 1.27 bits per heavy atom. The molecule has 0 spiro atoms. The summed E-state index contributed by atoms with van der Waals surface area (Å²) < 4.78 is 5.73. The molecule has 1 aliphatic rings. The number of hydrogen-bond acceptors (Lipinski definition) is 4. The minimum atomic E-state index is -0.587. The van der Waals surface area contributed by atoms with E-state index in [0.29, 0.717) is 5.75 Å². The first kappa shape index (κ1) is 18.3. The van der Waals surface area contributed by atoms with Gasteiger partial charge >= 0.3 is 0 Å². The number of aliphatic hydroxyl groups is 1. The molecular weight excluding hydrogens is 328 g/mol. The molecule has 0 aliphatic carbocycles. The molecular formula is C21H26N2O3. The van der Waals surface area contributed by atoms with Crippen LogP contribution in [0.5, 0.6) is 5.75 Å². The van der Waals surface area contributed by atoms with Crippen molar-refractivity contribution < 1.29 is 14.6 Å². The Hall–Kier alpha value is -2.53. The molecule has 2 atom stereocenters. The molecule has 3 rings (SSSR count). The van der Waals surface area contributed by atoms with E-state index in [-0.39, 0.29) is 18.6 Å². The lowest BCUT2D eigenvalue weighted by Crippen LogP contribution is -2.50. The van der Waals surface area contributed by atoms with E-state index in [1.807, 2.05) is 30.3 Å². The number of amides is 1. The third-order valence-electron chi connectivity index (χ3n) is 4.65. The van der Waals surface area contributed by atoms with E-state index in [1.54, 1.807) is 19.1 Å². The summed E-state index contributed by atoms with van der Waals surface area (Å²) in [5.74, 6) is 0.480. The zero-order valence-electron chi connectivity index (χ0n) is 15.1. The standard InChI is InChI=1S/C21H26N2O3/c1-16(26-20-11-5-7-17(13-20)15-24)21(25)22-18-8-6-12-23(14-18)19-9-3-2-4-10-19/h2-5,7,9-11,13,16,18,24H,6,8,12,14-15H2,1H3,(H,22,25). The zero-order chi connectivity index (χ0) is 18.4. The molecule has 0 aromatic heterocycles. The fourth-order valence-electron chi connectivity index (χ4n) is 3.26. The topological polar surface area (TPSA) is 61.8 Å². The van der Waals surface area contributed by atoms with Crippen molar-refractivity contribution in [2.75, 3.05) is 18.0 Å². The van der Waals surface area contributed by atoms with Crippen molar-refractivity contribution >= 4 is 11.6 Å². The molecule has 0 bridgehead atoms. The first-order chi connectivity index (χ1) is 12.7. The molecule has 1 amide bonds. The van der Waals surface area contributed by atoms with E-state index in [1.165, 1.54) is 5.69 Å². The second kappa shape index (κ2) is 8.72. The fourth-order valence-corrected chi connectivity index (χ4v) is 3.26. The number of benzene rings is 2. The Morgan fingerprint density at radius 3 is 2.85 bits per heavy atom. The van der Waals surface area contributed by atoms with E-state index in [0.717, 1.165) is 31.5 Å². The van der Waals surface area contributed by atoms with Crippen molar-refractivity contribution in [3.8, 4) is 5.75 Å². The Morgan fingerprint density at radius 2 is 2.08 bits per heavy atom. The predicted molar refractivity (Wildman–Crippen MR) is 102 cm³/mol. The number of ether oxygens (including phenoxy) is 1. The smallest absolute Gasteiger partial charge is 0.261 e. The molecule has 1 heterocycles. The highest BCUT2D eigenvalue weighted by Crippen LogP contribution is 2.20. The van der Waals surface area contributed by atoms with E-state index in [2.05, 4.69) is 22.3 Å². The summed E-state index contributed by atoms with van der Waals surface area (Å²) in [6, 6.07) is 17.6. The van der Waals surface area contributed by atoms with E-state index in [4.69, 9.17) is 4.74 Å². The quantitative estimate of drug-likeness (QED) is 0.837. The maximum absolute atomic E-state index is 12.5. The van der Waals surface area contributed by atoms with Crippen LogP contribution in [0.25, 0.3) is 0 Å². The molecule has 138 valence electrons. The number of nitrogens with one attached hydrogen (secondary N) is 1. The third-order valence-corrected chi connectivity index (χ3v) is 4.65. The average molecular weight is 354 g/mol. The maximum atomic E-state index is 12.5. The molecule has 1 fully saturated rings. The van der Waals surface area contributed by atoms with Crippen molar-refractivity contribution in [1.29, 1.82) is 0 Å². The van der Waals surface area contributed by atoms with Gasteiger partial charge < -0.3 is 20.1 Å². The summed E-state index contributed by atoms with van der Waals surface area (Å²) in [6.07, 6.45) is 1.44. The Bertz CT molecular complexity index is 720. The van der Waals surface area contributed by atoms with Crippen molar-refractivity contribution in [2.24, 2.45) is 0 Å². The summed E-state index contributed by atoms with van der Waals surface area (Å²) in [5, 5.41) is 12.3. The van der Waals surface area contributed by atoms with Gasteiger partial charge in [-0.2, -0.15) is 0 Å². The number of piperidine rings is 1. The van der Waals surface area contributed by atoms with Gasteiger partial charge in [0, 0.05) is 24.8 Å². The van der Waals surface area contributed by atoms with Crippen molar-refractivity contribution in [3.63, 3.8) is 0 Å². The van der Waals surface area contributed by atoms with Gasteiger partial charge in [0.15, 0.2) is 6.10 Å². The molecule has 1 saturated heterocycles. The van der Waals surface area contributed by atoms with Crippen molar-refractivity contribution in [3.05, 3.63) is 60.2 Å². The zero-order valence-corrected chi connectivity index (χ0v) is 15.1. The highest BCUT2D eigenvalue weighted by atomic mass is 16.5. The minimum Gasteiger partial charge on any atom is -0.481 e. The van der Waals surface area contributed by atoms with Gasteiger partial charge in [-0.25, -0.2) is 0 Å². The van der Waals surface area contributed by atoms with Gasteiger partial charge in [0.25, 0.3) is 5.91 Å². The Labute approximate surface area is 154 Å². The van der Waals surface area contributed by atoms with Gasteiger partial charge in [-0.15, -0.1) is 0 Å². The lowest BCUT2D eigenvalue weighted by atomic mass is 10.0. The Balaban J connectivity index is 1.55. The molecule has 0 radical (unpaired) electrons. The Kier molecular flexibility index (Phi) is 6.12. The lowest BCUT2D eigenvalue weighted by Gasteiger charge is -2.35. The number of para-hydroxylation sites is 1.